The summed E-state index contributed by atoms with van der Waals surface area (Å²) in [6.07, 6.45) is 5.40. The Labute approximate surface area is 141 Å². The van der Waals surface area contributed by atoms with E-state index < -0.39 is 0 Å². The van der Waals surface area contributed by atoms with E-state index in [2.05, 4.69) is 20.5 Å². The summed E-state index contributed by atoms with van der Waals surface area (Å²) < 4.78 is 3.62. The Balaban J connectivity index is 1.70. The van der Waals surface area contributed by atoms with Gasteiger partial charge in [0.05, 0.1) is 18.8 Å². The van der Waals surface area contributed by atoms with Crippen LogP contribution in [0, 0.1) is 13.8 Å². The number of aryl methyl sites for hydroxylation is 1. The highest BCUT2D eigenvalue weighted by Gasteiger charge is 2.11. The molecule has 0 fully saturated rings. The third kappa shape index (κ3) is 3.37. The summed E-state index contributed by atoms with van der Waals surface area (Å²) in [6, 6.07) is 5.86. The van der Waals surface area contributed by atoms with Gasteiger partial charge in [-0.25, -0.2) is 9.67 Å². The number of rotatable bonds is 7. The van der Waals surface area contributed by atoms with E-state index in [0.29, 0.717) is 13.1 Å². The molecular weight excluding hydrogens is 304 g/mol. The fourth-order valence-electron chi connectivity index (χ4n) is 2.79. The van der Waals surface area contributed by atoms with Crippen molar-refractivity contribution >= 4 is 0 Å². The number of nitrogens with zero attached hydrogens (tertiary/aromatic N) is 5. The second-order valence-corrected chi connectivity index (χ2v) is 5.64. The molecule has 0 aromatic carbocycles. The van der Waals surface area contributed by atoms with Gasteiger partial charge in [-0.3, -0.25) is 4.68 Å². The minimum atomic E-state index is 0.0950. The molecule has 0 atom stereocenters. The van der Waals surface area contributed by atoms with E-state index in [1.807, 2.05) is 42.9 Å². The van der Waals surface area contributed by atoms with Gasteiger partial charge in [-0.05, 0) is 26.0 Å². The average molecular weight is 326 g/mol. The molecule has 0 radical (unpaired) electrons. The highest BCUT2D eigenvalue weighted by Crippen LogP contribution is 2.14. The molecule has 0 saturated carbocycles. The van der Waals surface area contributed by atoms with Crippen LogP contribution in [0.5, 0.6) is 0 Å². The fourth-order valence-corrected chi connectivity index (χ4v) is 2.79. The first kappa shape index (κ1) is 16.4. The normalized spacial score (nSPS) is 11.1. The molecular formula is C17H22N6O. The second kappa shape index (κ2) is 7.37. The SMILES string of the molecule is Cc1nn(CCO)c(C)c1CNCc1cccnc1-n1cccn1. The molecule has 0 aliphatic rings. The number of hydrogen-bond donors (Lipinski definition) is 2. The largest absolute Gasteiger partial charge is 0.394 e. The molecule has 3 rings (SSSR count). The van der Waals surface area contributed by atoms with Gasteiger partial charge in [-0.1, -0.05) is 6.07 Å². The molecule has 0 aliphatic heterocycles. The van der Waals surface area contributed by atoms with Gasteiger partial charge in [0.15, 0.2) is 5.82 Å². The molecule has 24 heavy (non-hydrogen) atoms. The molecule has 0 bridgehead atoms. The van der Waals surface area contributed by atoms with Crippen molar-refractivity contribution < 1.29 is 5.11 Å². The summed E-state index contributed by atoms with van der Waals surface area (Å²) in [7, 11) is 0. The maximum atomic E-state index is 9.10. The molecule has 0 unspecified atom stereocenters. The van der Waals surface area contributed by atoms with Crippen molar-refractivity contribution in [2.45, 2.75) is 33.5 Å². The maximum absolute atomic E-state index is 9.10. The lowest BCUT2D eigenvalue weighted by Crippen LogP contribution is -2.16. The first-order valence-corrected chi connectivity index (χ1v) is 7.99. The topological polar surface area (TPSA) is 80.8 Å². The molecule has 126 valence electrons. The van der Waals surface area contributed by atoms with Crippen LogP contribution < -0.4 is 5.32 Å². The lowest BCUT2D eigenvalue weighted by molar-refractivity contribution is 0.267. The van der Waals surface area contributed by atoms with Crippen LogP contribution in [0.3, 0.4) is 0 Å². The van der Waals surface area contributed by atoms with Crippen LogP contribution in [0.25, 0.3) is 5.82 Å². The van der Waals surface area contributed by atoms with E-state index in [9.17, 15) is 0 Å². The minimum absolute atomic E-state index is 0.0950. The first-order valence-electron chi connectivity index (χ1n) is 7.99. The Morgan fingerprint density at radius 1 is 1.17 bits per heavy atom. The molecule has 7 heteroatoms. The number of nitrogens with one attached hydrogen (secondary N) is 1. The van der Waals surface area contributed by atoms with Crippen LogP contribution in [-0.2, 0) is 19.6 Å². The molecule has 3 heterocycles. The maximum Gasteiger partial charge on any atom is 0.157 e. The third-order valence-electron chi connectivity index (χ3n) is 4.05. The Morgan fingerprint density at radius 2 is 2.04 bits per heavy atom. The van der Waals surface area contributed by atoms with Crippen molar-refractivity contribution in [2.75, 3.05) is 6.61 Å². The van der Waals surface area contributed by atoms with Crippen molar-refractivity contribution in [1.29, 1.82) is 0 Å². The van der Waals surface area contributed by atoms with Crippen LogP contribution in [0.4, 0.5) is 0 Å². The molecule has 7 nitrogen and oxygen atoms in total. The van der Waals surface area contributed by atoms with Crippen LogP contribution in [0.2, 0.25) is 0 Å². The van der Waals surface area contributed by atoms with E-state index in [0.717, 1.165) is 29.3 Å². The Bertz CT molecular complexity index is 794. The zero-order valence-electron chi connectivity index (χ0n) is 14.0. The van der Waals surface area contributed by atoms with Gasteiger partial charge in [0.2, 0.25) is 0 Å². The van der Waals surface area contributed by atoms with Crippen LogP contribution in [-0.4, -0.2) is 36.3 Å². The molecule has 0 saturated heterocycles. The van der Waals surface area contributed by atoms with Crippen LogP contribution in [0.1, 0.15) is 22.5 Å². The fraction of sp³-hybridized carbons (Fsp3) is 0.353. The van der Waals surface area contributed by atoms with Crippen molar-refractivity contribution in [3.8, 4) is 5.82 Å². The smallest absolute Gasteiger partial charge is 0.157 e. The summed E-state index contributed by atoms with van der Waals surface area (Å²) in [5.74, 6) is 0.833. The van der Waals surface area contributed by atoms with E-state index in [4.69, 9.17) is 5.11 Å². The summed E-state index contributed by atoms with van der Waals surface area (Å²) >= 11 is 0. The zero-order chi connectivity index (χ0) is 16.9. The van der Waals surface area contributed by atoms with Crippen molar-refractivity contribution in [1.82, 2.24) is 29.9 Å². The monoisotopic (exact) mass is 326 g/mol. The summed E-state index contributed by atoms with van der Waals surface area (Å²) in [5, 5.41) is 21.3. The number of aliphatic hydroxyl groups is 1. The summed E-state index contributed by atoms with van der Waals surface area (Å²) in [6.45, 7) is 6.06. The lowest BCUT2D eigenvalue weighted by Gasteiger charge is -2.10. The highest BCUT2D eigenvalue weighted by molar-refractivity contribution is 5.32. The van der Waals surface area contributed by atoms with E-state index in [1.54, 1.807) is 17.1 Å². The number of aromatic nitrogens is 5. The van der Waals surface area contributed by atoms with Crippen molar-refractivity contribution in [2.24, 2.45) is 0 Å². The number of hydrogen-bond acceptors (Lipinski definition) is 5. The van der Waals surface area contributed by atoms with Gasteiger partial charge in [0.1, 0.15) is 0 Å². The molecule has 0 aliphatic carbocycles. The predicted molar refractivity (Wildman–Crippen MR) is 90.7 cm³/mol. The van der Waals surface area contributed by atoms with Crippen LogP contribution in [0.15, 0.2) is 36.8 Å². The van der Waals surface area contributed by atoms with Gasteiger partial charge in [0.25, 0.3) is 0 Å². The molecule has 0 spiro atoms. The van der Waals surface area contributed by atoms with Gasteiger partial charge >= 0.3 is 0 Å². The standard InChI is InChI=1S/C17H22N6O/c1-13-16(14(2)22(21-13)9-10-24)12-18-11-15-5-3-6-19-17(15)23-8-4-7-20-23/h3-8,18,24H,9-12H2,1-2H3. The molecule has 3 aromatic heterocycles. The first-order chi connectivity index (χ1) is 11.7. The van der Waals surface area contributed by atoms with E-state index in [1.165, 1.54) is 5.56 Å². The van der Waals surface area contributed by atoms with Crippen molar-refractivity contribution in [3.63, 3.8) is 0 Å². The van der Waals surface area contributed by atoms with Gasteiger partial charge in [-0.15, -0.1) is 0 Å². The lowest BCUT2D eigenvalue weighted by atomic mass is 10.2. The van der Waals surface area contributed by atoms with Crippen molar-refractivity contribution in [3.05, 3.63) is 59.3 Å². The second-order valence-electron chi connectivity index (χ2n) is 5.64. The third-order valence-corrected chi connectivity index (χ3v) is 4.05. The Kier molecular flexibility index (Phi) is 5.02. The molecule has 0 amide bonds. The highest BCUT2D eigenvalue weighted by atomic mass is 16.3. The quantitative estimate of drug-likeness (QED) is 0.685. The Hall–Kier alpha value is -2.51. The zero-order valence-corrected chi connectivity index (χ0v) is 14.0. The predicted octanol–water partition coefficient (Wildman–Crippen LogP) is 1.36. The summed E-state index contributed by atoms with van der Waals surface area (Å²) in [5.41, 5.74) is 4.34. The van der Waals surface area contributed by atoms with Gasteiger partial charge in [0, 0.05) is 48.5 Å². The average Bonchev–Trinajstić information content (AvgIpc) is 3.20. The number of pyridine rings is 1. The Morgan fingerprint density at radius 3 is 2.79 bits per heavy atom. The van der Waals surface area contributed by atoms with E-state index >= 15 is 0 Å². The number of aliphatic hydroxyl groups excluding tert-OH is 1. The minimum Gasteiger partial charge on any atom is -0.394 e. The summed E-state index contributed by atoms with van der Waals surface area (Å²) in [4.78, 5) is 4.43. The molecule has 2 N–H and O–H groups in total. The molecule has 3 aromatic rings. The van der Waals surface area contributed by atoms with E-state index in [-0.39, 0.29) is 6.61 Å². The van der Waals surface area contributed by atoms with Gasteiger partial charge < -0.3 is 10.4 Å². The van der Waals surface area contributed by atoms with Crippen LogP contribution >= 0.6 is 0 Å². The van der Waals surface area contributed by atoms with Gasteiger partial charge in [-0.2, -0.15) is 10.2 Å².